The van der Waals surface area contributed by atoms with Crippen molar-refractivity contribution in [2.45, 2.75) is 88.4 Å². The molecule has 0 bridgehead atoms. The van der Waals surface area contributed by atoms with E-state index in [4.69, 9.17) is 20.7 Å². The summed E-state index contributed by atoms with van der Waals surface area (Å²) >= 11 is 0. The summed E-state index contributed by atoms with van der Waals surface area (Å²) in [6.07, 6.45) is 17.5. The summed E-state index contributed by atoms with van der Waals surface area (Å²) < 4.78 is 2.28. The Bertz CT molecular complexity index is 982. The number of nitrogens with two attached hydrogens (primary N) is 1. The smallest absolute Gasteiger partial charge is 0.227 e. The minimum Gasteiger partial charge on any atom is -0.365 e. The van der Waals surface area contributed by atoms with Crippen LogP contribution in [0.15, 0.2) is 18.5 Å². The van der Waals surface area contributed by atoms with Gasteiger partial charge in [0.25, 0.3) is 0 Å². The molecule has 0 unspecified atom stereocenters. The Labute approximate surface area is 201 Å². The maximum Gasteiger partial charge on any atom is 0.227 e. The number of anilines is 2. The number of nitrogens with zero attached hydrogens (tertiary/aromatic N) is 5. The number of piperidine rings is 1. The first-order valence-corrected chi connectivity index (χ1v) is 13.1. The van der Waals surface area contributed by atoms with Crippen LogP contribution in [-0.2, 0) is 4.79 Å². The fraction of sp³-hybridized carbons (Fsp3) is 0.680. The first kappa shape index (κ1) is 23.2. The molecule has 1 aliphatic heterocycles. The molecule has 2 saturated carbocycles. The fourth-order valence-corrected chi connectivity index (χ4v) is 5.70. The average Bonchev–Trinajstić information content (AvgIpc) is 3.52. The number of hydrogen-bond acceptors (Lipinski definition) is 8. The van der Waals surface area contributed by atoms with Crippen molar-refractivity contribution < 1.29 is 4.79 Å². The van der Waals surface area contributed by atoms with E-state index in [1.54, 1.807) is 6.08 Å². The summed E-state index contributed by atoms with van der Waals surface area (Å²) in [7, 11) is 0. The van der Waals surface area contributed by atoms with Gasteiger partial charge in [0.2, 0.25) is 5.95 Å². The van der Waals surface area contributed by atoms with Gasteiger partial charge in [0.1, 0.15) is 6.29 Å². The minimum atomic E-state index is 0.322. The van der Waals surface area contributed by atoms with E-state index in [9.17, 15) is 4.79 Å². The second-order valence-electron chi connectivity index (χ2n) is 10.2. The van der Waals surface area contributed by atoms with Crippen molar-refractivity contribution in [1.29, 1.82) is 0 Å². The van der Waals surface area contributed by atoms with Crippen LogP contribution in [0.3, 0.4) is 0 Å². The van der Waals surface area contributed by atoms with E-state index in [2.05, 4.69) is 20.1 Å². The van der Waals surface area contributed by atoms with E-state index in [0.717, 1.165) is 81.4 Å². The van der Waals surface area contributed by atoms with Crippen LogP contribution in [0, 0.1) is 0 Å². The lowest BCUT2D eigenvalue weighted by molar-refractivity contribution is -0.104. The second-order valence-corrected chi connectivity index (χ2v) is 10.2. The molecule has 3 heterocycles. The number of rotatable bonds is 8. The molecule has 0 spiro atoms. The predicted molar refractivity (Wildman–Crippen MR) is 135 cm³/mol. The molecular weight excluding hydrogens is 428 g/mol. The Balaban J connectivity index is 1.34. The zero-order chi connectivity index (χ0) is 23.3. The molecular formula is C25H38N8O. The standard InChI is InChI=1S/C25H38N8O/c26-18-7-9-19(10-8-18)29-25-30-23(28-20-11-14-32(15-12-20)13-3-4-16-34)22-24(31-25)33(17-27-22)21-5-1-2-6-21/h3-4,16-21H,1-2,5-15,26H2,(H2,28,29,30,31)/b4-3+. The third-order valence-electron chi connectivity index (χ3n) is 7.75. The third kappa shape index (κ3) is 5.41. The molecule has 2 aliphatic carbocycles. The van der Waals surface area contributed by atoms with Gasteiger partial charge in [-0.2, -0.15) is 9.97 Å². The number of aromatic nitrogens is 4. The van der Waals surface area contributed by atoms with Crippen LogP contribution in [0.4, 0.5) is 11.8 Å². The molecule has 0 radical (unpaired) electrons. The van der Waals surface area contributed by atoms with Crippen LogP contribution in [0.1, 0.15) is 70.3 Å². The molecule has 3 aliphatic rings. The average molecular weight is 467 g/mol. The van der Waals surface area contributed by atoms with Crippen LogP contribution >= 0.6 is 0 Å². The highest BCUT2D eigenvalue weighted by atomic mass is 16.1. The number of hydrogen-bond donors (Lipinski definition) is 3. The highest BCUT2D eigenvalue weighted by molar-refractivity contribution is 5.84. The number of carbonyl (C=O) groups is 1. The monoisotopic (exact) mass is 466 g/mol. The summed E-state index contributed by atoms with van der Waals surface area (Å²) in [6.45, 7) is 2.83. The Morgan fingerprint density at radius 3 is 2.44 bits per heavy atom. The third-order valence-corrected chi connectivity index (χ3v) is 7.75. The number of likely N-dealkylation sites (tertiary alicyclic amines) is 1. The number of aldehydes is 1. The predicted octanol–water partition coefficient (Wildman–Crippen LogP) is 3.25. The lowest BCUT2D eigenvalue weighted by Gasteiger charge is -2.32. The molecule has 184 valence electrons. The Morgan fingerprint density at radius 1 is 0.971 bits per heavy atom. The van der Waals surface area contributed by atoms with E-state index in [-0.39, 0.29) is 0 Å². The summed E-state index contributed by atoms with van der Waals surface area (Å²) in [6, 6.07) is 1.52. The van der Waals surface area contributed by atoms with Gasteiger partial charge in [-0.3, -0.25) is 9.69 Å². The van der Waals surface area contributed by atoms with Gasteiger partial charge < -0.3 is 20.9 Å². The molecule has 0 aromatic carbocycles. The molecule has 3 fully saturated rings. The summed E-state index contributed by atoms with van der Waals surface area (Å²) in [5.74, 6) is 1.54. The van der Waals surface area contributed by atoms with Crippen LogP contribution in [-0.4, -0.2) is 68.5 Å². The van der Waals surface area contributed by atoms with Crippen molar-refractivity contribution in [3.63, 3.8) is 0 Å². The largest absolute Gasteiger partial charge is 0.365 e. The van der Waals surface area contributed by atoms with Crippen molar-refractivity contribution in [1.82, 2.24) is 24.4 Å². The molecule has 0 amide bonds. The van der Waals surface area contributed by atoms with E-state index >= 15 is 0 Å². The molecule has 2 aromatic heterocycles. The van der Waals surface area contributed by atoms with Gasteiger partial charge in [0, 0.05) is 43.8 Å². The second kappa shape index (κ2) is 10.8. The molecule has 34 heavy (non-hydrogen) atoms. The van der Waals surface area contributed by atoms with Crippen molar-refractivity contribution in [2.24, 2.45) is 5.73 Å². The van der Waals surface area contributed by atoms with Crippen molar-refractivity contribution in [3.05, 3.63) is 18.5 Å². The maximum atomic E-state index is 10.5. The molecule has 1 saturated heterocycles. The number of fused-ring (bicyclic) bond motifs is 1. The topological polar surface area (TPSA) is 114 Å². The number of nitrogens with one attached hydrogen (secondary N) is 2. The van der Waals surface area contributed by atoms with E-state index in [1.807, 2.05) is 12.4 Å². The van der Waals surface area contributed by atoms with Gasteiger partial charge in [-0.15, -0.1) is 0 Å². The van der Waals surface area contributed by atoms with Gasteiger partial charge in [0.05, 0.1) is 6.33 Å². The van der Waals surface area contributed by atoms with Crippen molar-refractivity contribution in [3.8, 4) is 0 Å². The Kier molecular flexibility index (Phi) is 7.39. The van der Waals surface area contributed by atoms with Gasteiger partial charge in [-0.1, -0.05) is 18.9 Å². The molecule has 0 atom stereocenters. The normalized spacial score (nSPS) is 25.3. The van der Waals surface area contributed by atoms with Crippen LogP contribution in [0.2, 0.25) is 0 Å². The number of allylic oxidation sites excluding steroid dienone is 1. The molecule has 5 rings (SSSR count). The SMILES string of the molecule is NC1CCC(Nc2nc(NC3CCN(C/C=C/C=O)CC3)c3ncn(C4CCCC4)c3n2)CC1. The van der Waals surface area contributed by atoms with E-state index < -0.39 is 0 Å². The zero-order valence-electron chi connectivity index (χ0n) is 20.0. The maximum absolute atomic E-state index is 10.5. The van der Waals surface area contributed by atoms with Crippen molar-refractivity contribution >= 4 is 29.2 Å². The fourth-order valence-electron chi connectivity index (χ4n) is 5.70. The van der Waals surface area contributed by atoms with Crippen LogP contribution in [0.25, 0.3) is 11.2 Å². The first-order chi connectivity index (χ1) is 16.7. The van der Waals surface area contributed by atoms with Crippen molar-refractivity contribution in [2.75, 3.05) is 30.3 Å². The Hall–Kier alpha value is -2.52. The van der Waals surface area contributed by atoms with Gasteiger partial charge in [-0.25, -0.2) is 4.98 Å². The lowest BCUT2D eigenvalue weighted by atomic mass is 9.92. The molecule has 4 N–H and O–H groups in total. The van der Waals surface area contributed by atoms with Crippen LogP contribution < -0.4 is 16.4 Å². The summed E-state index contributed by atoms with van der Waals surface area (Å²) in [4.78, 5) is 27.6. The highest BCUT2D eigenvalue weighted by Gasteiger charge is 2.25. The van der Waals surface area contributed by atoms with Gasteiger partial charge in [-0.05, 0) is 57.4 Å². The molecule has 9 nitrogen and oxygen atoms in total. The number of carbonyl (C=O) groups excluding carboxylic acids is 1. The minimum absolute atomic E-state index is 0.322. The molecule has 2 aromatic rings. The molecule has 9 heteroatoms. The highest BCUT2D eigenvalue weighted by Crippen LogP contribution is 2.33. The van der Waals surface area contributed by atoms with E-state index in [0.29, 0.717) is 30.1 Å². The van der Waals surface area contributed by atoms with Gasteiger partial charge in [0.15, 0.2) is 17.0 Å². The van der Waals surface area contributed by atoms with Gasteiger partial charge >= 0.3 is 0 Å². The Morgan fingerprint density at radius 2 is 1.71 bits per heavy atom. The van der Waals surface area contributed by atoms with Crippen LogP contribution in [0.5, 0.6) is 0 Å². The zero-order valence-corrected chi connectivity index (χ0v) is 20.0. The summed E-state index contributed by atoms with van der Waals surface area (Å²) in [5, 5.41) is 7.32. The first-order valence-electron chi connectivity index (χ1n) is 13.1. The summed E-state index contributed by atoms with van der Waals surface area (Å²) in [5.41, 5.74) is 7.92. The number of imidazole rings is 1. The quantitative estimate of drug-likeness (QED) is 0.401. The lowest BCUT2D eigenvalue weighted by Crippen LogP contribution is -2.39. The van der Waals surface area contributed by atoms with E-state index in [1.165, 1.54) is 25.7 Å².